The van der Waals surface area contributed by atoms with Gasteiger partial charge < -0.3 is 4.52 Å². The number of rotatable bonds is 5. The molecule has 4 rings (SSSR count). The van der Waals surface area contributed by atoms with E-state index in [-0.39, 0.29) is 0 Å². The monoisotopic (exact) mass is 368 g/mol. The average molecular weight is 369 g/mol. The van der Waals surface area contributed by atoms with E-state index in [1.54, 1.807) is 30.1 Å². The van der Waals surface area contributed by atoms with E-state index < -0.39 is 0 Å². The highest BCUT2D eigenvalue weighted by Gasteiger charge is 2.11. The molecule has 5 nitrogen and oxygen atoms in total. The van der Waals surface area contributed by atoms with Crippen LogP contribution in [0.2, 0.25) is 5.02 Å². The number of thioether (sulfide) groups is 1. The first kappa shape index (κ1) is 15.9. The minimum Gasteiger partial charge on any atom is -0.338 e. The summed E-state index contributed by atoms with van der Waals surface area (Å²) in [5.74, 6) is 1.65. The maximum Gasteiger partial charge on any atom is 0.237 e. The Hall–Kier alpha value is -2.57. The summed E-state index contributed by atoms with van der Waals surface area (Å²) in [5, 5.41) is 5.58. The molecule has 0 spiro atoms. The second-order valence-corrected chi connectivity index (χ2v) is 6.60. The van der Waals surface area contributed by atoms with Crippen LogP contribution in [0.3, 0.4) is 0 Å². The van der Waals surface area contributed by atoms with Gasteiger partial charge in [0, 0.05) is 28.7 Å². The van der Waals surface area contributed by atoms with E-state index in [2.05, 4.69) is 15.1 Å². The minimum absolute atomic E-state index is 0.546. The number of aromatic nitrogens is 4. The van der Waals surface area contributed by atoms with Crippen molar-refractivity contribution in [3.8, 4) is 17.1 Å². The maximum atomic E-state index is 5.90. The summed E-state index contributed by atoms with van der Waals surface area (Å²) < 4.78 is 7.37. The van der Waals surface area contributed by atoms with Gasteiger partial charge in [0.2, 0.25) is 11.7 Å². The van der Waals surface area contributed by atoms with Gasteiger partial charge in [-0.3, -0.25) is 4.57 Å². The van der Waals surface area contributed by atoms with Crippen LogP contribution in [-0.4, -0.2) is 19.7 Å². The third-order valence-corrected chi connectivity index (χ3v) is 4.74. The summed E-state index contributed by atoms with van der Waals surface area (Å²) in [5.41, 5.74) is 1.94. The van der Waals surface area contributed by atoms with Crippen LogP contribution >= 0.6 is 23.4 Å². The second-order valence-electron chi connectivity index (χ2n) is 5.22. The topological polar surface area (TPSA) is 56.7 Å². The first-order chi connectivity index (χ1) is 12.3. The molecule has 7 heteroatoms. The predicted molar refractivity (Wildman–Crippen MR) is 97.9 cm³/mol. The summed E-state index contributed by atoms with van der Waals surface area (Å²) in [6, 6.07) is 17.4. The number of para-hydroxylation sites is 1. The Morgan fingerprint density at radius 3 is 2.64 bits per heavy atom. The Labute approximate surface area is 153 Å². The fourth-order valence-corrected chi connectivity index (χ4v) is 3.27. The van der Waals surface area contributed by atoms with Crippen LogP contribution in [-0.2, 0) is 5.75 Å². The molecular formula is C18H13ClN4OS. The standard InChI is InChI=1S/C18H13ClN4OS/c19-14-8-6-13(7-9-14)17-21-16(24-22-17)12-25-18-20-10-11-23(18)15-4-2-1-3-5-15/h1-11H,12H2. The number of hydrogen-bond acceptors (Lipinski definition) is 5. The molecule has 2 aromatic carbocycles. The lowest BCUT2D eigenvalue weighted by Crippen LogP contribution is -1.94. The van der Waals surface area contributed by atoms with Gasteiger partial charge in [-0.2, -0.15) is 4.98 Å². The third-order valence-electron chi connectivity index (χ3n) is 3.54. The van der Waals surface area contributed by atoms with Crippen LogP contribution in [0.4, 0.5) is 0 Å². The van der Waals surface area contributed by atoms with E-state index >= 15 is 0 Å². The van der Waals surface area contributed by atoms with Gasteiger partial charge in [0.15, 0.2) is 5.16 Å². The first-order valence-electron chi connectivity index (χ1n) is 7.60. The van der Waals surface area contributed by atoms with Crippen molar-refractivity contribution in [2.24, 2.45) is 0 Å². The Morgan fingerprint density at radius 2 is 1.84 bits per heavy atom. The number of imidazole rings is 1. The van der Waals surface area contributed by atoms with E-state index in [1.807, 2.05) is 53.2 Å². The molecule has 0 saturated heterocycles. The highest BCUT2D eigenvalue weighted by atomic mass is 35.5. The van der Waals surface area contributed by atoms with Crippen LogP contribution in [0.15, 0.2) is 76.7 Å². The zero-order valence-corrected chi connectivity index (χ0v) is 14.6. The molecule has 124 valence electrons. The second kappa shape index (κ2) is 7.13. The highest BCUT2D eigenvalue weighted by Crippen LogP contribution is 2.25. The smallest absolute Gasteiger partial charge is 0.237 e. The molecule has 0 radical (unpaired) electrons. The van der Waals surface area contributed by atoms with Gasteiger partial charge in [-0.1, -0.05) is 46.7 Å². The van der Waals surface area contributed by atoms with Gasteiger partial charge in [0.1, 0.15) is 0 Å². The van der Waals surface area contributed by atoms with Gasteiger partial charge in [0.05, 0.1) is 5.75 Å². The zero-order chi connectivity index (χ0) is 17.1. The van der Waals surface area contributed by atoms with E-state index in [0.717, 1.165) is 16.4 Å². The van der Waals surface area contributed by atoms with E-state index in [9.17, 15) is 0 Å². The molecular weight excluding hydrogens is 356 g/mol. The predicted octanol–water partition coefficient (Wildman–Crippen LogP) is 4.87. The fraction of sp³-hybridized carbons (Fsp3) is 0.0556. The molecule has 0 bridgehead atoms. The van der Waals surface area contributed by atoms with Gasteiger partial charge in [-0.05, 0) is 36.4 Å². The quantitative estimate of drug-likeness (QED) is 0.470. The number of nitrogens with zero attached hydrogens (tertiary/aromatic N) is 4. The summed E-state index contributed by atoms with van der Waals surface area (Å²) in [4.78, 5) is 8.84. The lowest BCUT2D eigenvalue weighted by molar-refractivity contribution is 0.391. The molecule has 0 fully saturated rings. The van der Waals surface area contributed by atoms with Gasteiger partial charge in [-0.15, -0.1) is 0 Å². The molecule has 0 atom stereocenters. The molecule has 2 aromatic heterocycles. The molecule has 0 N–H and O–H groups in total. The Kier molecular flexibility index (Phi) is 4.54. The highest BCUT2D eigenvalue weighted by molar-refractivity contribution is 7.98. The van der Waals surface area contributed by atoms with Crippen molar-refractivity contribution in [3.63, 3.8) is 0 Å². The molecule has 0 aliphatic heterocycles. The van der Waals surface area contributed by atoms with Crippen molar-refractivity contribution in [3.05, 3.63) is 77.9 Å². The molecule has 0 saturated carbocycles. The lowest BCUT2D eigenvalue weighted by atomic mass is 10.2. The van der Waals surface area contributed by atoms with Crippen molar-refractivity contribution >= 4 is 23.4 Å². The van der Waals surface area contributed by atoms with E-state index in [4.69, 9.17) is 16.1 Å². The molecule has 0 aliphatic carbocycles. The van der Waals surface area contributed by atoms with Gasteiger partial charge in [-0.25, -0.2) is 4.98 Å². The lowest BCUT2D eigenvalue weighted by Gasteiger charge is -2.05. The summed E-state index contributed by atoms with van der Waals surface area (Å²) >= 11 is 7.45. The van der Waals surface area contributed by atoms with Gasteiger partial charge in [0.25, 0.3) is 0 Å². The van der Waals surface area contributed by atoms with Crippen LogP contribution in [0, 0.1) is 0 Å². The van der Waals surface area contributed by atoms with Crippen molar-refractivity contribution < 1.29 is 4.52 Å². The molecule has 25 heavy (non-hydrogen) atoms. The van der Waals surface area contributed by atoms with Crippen molar-refractivity contribution in [1.29, 1.82) is 0 Å². The maximum absolute atomic E-state index is 5.90. The number of halogens is 1. The fourth-order valence-electron chi connectivity index (χ4n) is 2.34. The van der Waals surface area contributed by atoms with Crippen LogP contribution in [0.25, 0.3) is 17.1 Å². The zero-order valence-electron chi connectivity index (χ0n) is 13.0. The Balaban J connectivity index is 1.48. The van der Waals surface area contributed by atoms with E-state index in [0.29, 0.717) is 22.5 Å². The first-order valence-corrected chi connectivity index (χ1v) is 8.96. The van der Waals surface area contributed by atoms with E-state index in [1.165, 1.54) is 0 Å². The number of benzene rings is 2. The van der Waals surface area contributed by atoms with Crippen LogP contribution in [0.1, 0.15) is 5.89 Å². The van der Waals surface area contributed by atoms with Gasteiger partial charge >= 0.3 is 0 Å². The van der Waals surface area contributed by atoms with Crippen LogP contribution in [0.5, 0.6) is 0 Å². The summed E-state index contributed by atoms with van der Waals surface area (Å²) in [6.45, 7) is 0. The largest absolute Gasteiger partial charge is 0.338 e. The molecule has 0 amide bonds. The molecule has 2 heterocycles. The Morgan fingerprint density at radius 1 is 1.04 bits per heavy atom. The van der Waals surface area contributed by atoms with Crippen molar-refractivity contribution in [1.82, 2.24) is 19.7 Å². The third kappa shape index (κ3) is 3.60. The van der Waals surface area contributed by atoms with Crippen molar-refractivity contribution in [2.45, 2.75) is 10.9 Å². The summed E-state index contributed by atoms with van der Waals surface area (Å²) in [7, 11) is 0. The molecule has 0 aliphatic rings. The Bertz CT molecular complexity index is 966. The SMILES string of the molecule is Clc1ccc(-c2noc(CSc3nccn3-c3ccccc3)n2)cc1. The minimum atomic E-state index is 0.546. The number of hydrogen-bond donors (Lipinski definition) is 0. The average Bonchev–Trinajstić information content (AvgIpc) is 3.31. The van der Waals surface area contributed by atoms with Crippen molar-refractivity contribution in [2.75, 3.05) is 0 Å². The summed E-state index contributed by atoms with van der Waals surface area (Å²) in [6.07, 6.45) is 3.72. The normalized spacial score (nSPS) is 10.9. The van der Waals surface area contributed by atoms with Crippen LogP contribution < -0.4 is 0 Å². The molecule has 4 aromatic rings. The molecule has 0 unspecified atom stereocenters.